The van der Waals surface area contributed by atoms with Crippen molar-refractivity contribution in [2.24, 2.45) is 0 Å². The van der Waals surface area contributed by atoms with Crippen LogP contribution in [-0.2, 0) is 16.6 Å². The Morgan fingerprint density at radius 2 is 1.79 bits per heavy atom. The molecule has 2 N–H and O–H groups in total. The first kappa shape index (κ1) is 21.2. The molecule has 0 radical (unpaired) electrons. The Labute approximate surface area is 172 Å². The summed E-state index contributed by atoms with van der Waals surface area (Å²) in [6, 6.07) is 9.97. The van der Waals surface area contributed by atoms with Gasteiger partial charge >= 0.3 is 6.03 Å². The summed E-state index contributed by atoms with van der Waals surface area (Å²) in [5.74, 6) is 0. The molecule has 1 saturated heterocycles. The van der Waals surface area contributed by atoms with Gasteiger partial charge in [-0.25, -0.2) is 13.2 Å². The summed E-state index contributed by atoms with van der Waals surface area (Å²) in [7, 11) is -3.53. The van der Waals surface area contributed by atoms with E-state index < -0.39 is 10.0 Å². The minimum atomic E-state index is -3.53. The molecule has 0 atom stereocenters. The predicted molar refractivity (Wildman–Crippen MR) is 112 cm³/mol. The summed E-state index contributed by atoms with van der Waals surface area (Å²) in [5.41, 5.74) is 1.42. The Balaban J connectivity index is 1.56. The second-order valence-corrected chi connectivity index (χ2v) is 9.17. The topological polar surface area (TPSA) is 94.6 Å². The number of pyridine rings is 1. The highest BCUT2D eigenvalue weighted by Gasteiger charge is 2.29. The first-order valence-electron chi connectivity index (χ1n) is 9.64. The van der Waals surface area contributed by atoms with E-state index in [1.165, 1.54) is 16.4 Å². The maximum Gasteiger partial charge on any atom is 0.319 e. The van der Waals surface area contributed by atoms with Crippen molar-refractivity contribution in [3.05, 3.63) is 54.4 Å². The molecule has 2 amide bonds. The maximum absolute atomic E-state index is 12.9. The SMILES string of the molecule is CC(C)N1CCN(S(=O)(=O)c2ccc(NC(=O)NCc3cccnc3)cc2)CC1. The summed E-state index contributed by atoms with van der Waals surface area (Å²) in [4.78, 5) is 18.5. The van der Waals surface area contributed by atoms with Gasteiger partial charge in [-0.2, -0.15) is 4.31 Å². The van der Waals surface area contributed by atoms with Crippen LogP contribution in [-0.4, -0.2) is 60.9 Å². The van der Waals surface area contributed by atoms with Crippen molar-refractivity contribution in [1.82, 2.24) is 19.5 Å². The molecule has 1 aromatic carbocycles. The van der Waals surface area contributed by atoms with Crippen molar-refractivity contribution in [3.63, 3.8) is 0 Å². The number of hydrogen-bond donors (Lipinski definition) is 2. The molecule has 29 heavy (non-hydrogen) atoms. The third-order valence-electron chi connectivity index (χ3n) is 4.93. The van der Waals surface area contributed by atoms with Gasteiger partial charge in [0, 0.05) is 56.8 Å². The fourth-order valence-electron chi connectivity index (χ4n) is 3.18. The summed E-state index contributed by atoms with van der Waals surface area (Å²) < 4.78 is 27.2. The molecule has 156 valence electrons. The number of nitrogens with zero attached hydrogens (tertiary/aromatic N) is 3. The summed E-state index contributed by atoms with van der Waals surface area (Å²) in [5, 5.41) is 5.44. The standard InChI is InChI=1S/C20H27N5O3S/c1-16(2)24-10-12-25(13-11-24)29(27,28)19-7-5-18(6-8-19)23-20(26)22-15-17-4-3-9-21-14-17/h3-9,14,16H,10-13,15H2,1-2H3,(H2,22,23,26). The number of aromatic nitrogens is 1. The van der Waals surface area contributed by atoms with E-state index >= 15 is 0 Å². The monoisotopic (exact) mass is 417 g/mol. The van der Waals surface area contributed by atoms with E-state index in [4.69, 9.17) is 0 Å². The molecule has 1 aliphatic rings. The lowest BCUT2D eigenvalue weighted by Gasteiger charge is -2.36. The van der Waals surface area contributed by atoms with Crippen LogP contribution in [0.1, 0.15) is 19.4 Å². The van der Waals surface area contributed by atoms with E-state index in [1.54, 1.807) is 30.6 Å². The van der Waals surface area contributed by atoms with Crippen LogP contribution in [0.3, 0.4) is 0 Å². The number of carbonyl (C=O) groups excluding carboxylic acids is 1. The number of anilines is 1. The van der Waals surface area contributed by atoms with Gasteiger partial charge < -0.3 is 10.6 Å². The number of carbonyl (C=O) groups is 1. The number of amides is 2. The summed E-state index contributed by atoms with van der Waals surface area (Å²) in [6.07, 6.45) is 3.35. The highest BCUT2D eigenvalue weighted by molar-refractivity contribution is 7.89. The largest absolute Gasteiger partial charge is 0.334 e. The Morgan fingerprint density at radius 3 is 2.38 bits per heavy atom. The fourth-order valence-corrected chi connectivity index (χ4v) is 4.60. The van der Waals surface area contributed by atoms with Crippen molar-refractivity contribution in [2.75, 3.05) is 31.5 Å². The van der Waals surface area contributed by atoms with Crippen molar-refractivity contribution < 1.29 is 13.2 Å². The Bertz CT molecular complexity index is 909. The van der Waals surface area contributed by atoms with Gasteiger partial charge in [-0.1, -0.05) is 6.07 Å². The van der Waals surface area contributed by atoms with Gasteiger partial charge in [-0.15, -0.1) is 0 Å². The second kappa shape index (κ2) is 9.34. The molecule has 0 saturated carbocycles. The van der Waals surface area contributed by atoms with Crippen LogP contribution < -0.4 is 10.6 Å². The van der Waals surface area contributed by atoms with E-state index in [-0.39, 0.29) is 10.9 Å². The summed E-state index contributed by atoms with van der Waals surface area (Å²) in [6.45, 7) is 7.01. The molecule has 8 nitrogen and oxygen atoms in total. The minimum Gasteiger partial charge on any atom is -0.334 e. The lowest BCUT2D eigenvalue weighted by Crippen LogP contribution is -2.50. The number of urea groups is 1. The van der Waals surface area contributed by atoms with Gasteiger partial charge in [-0.05, 0) is 49.7 Å². The molecular weight excluding hydrogens is 390 g/mol. The molecule has 0 spiro atoms. The number of nitrogens with one attached hydrogen (secondary N) is 2. The van der Waals surface area contributed by atoms with Crippen molar-refractivity contribution in [2.45, 2.75) is 31.3 Å². The average molecular weight is 418 g/mol. The molecule has 1 fully saturated rings. The van der Waals surface area contributed by atoms with Gasteiger partial charge in [0.25, 0.3) is 0 Å². The number of piperazine rings is 1. The Morgan fingerprint density at radius 1 is 1.10 bits per heavy atom. The molecule has 1 aromatic heterocycles. The number of hydrogen-bond acceptors (Lipinski definition) is 5. The highest BCUT2D eigenvalue weighted by atomic mass is 32.2. The van der Waals surface area contributed by atoms with Crippen LogP contribution in [0.15, 0.2) is 53.7 Å². The van der Waals surface area contributed by atoms with Gasteiger partial charge in [-0.3, -0.25) is 9.88 Å². The van der Waals surface area contributed by atoms with E-state index in [9.17, 15) is 13.2 Å². The second-order valence-electron chi connectivity index (χ2n) is 7.23. The molecule has 2 aromatic rings. The zero-order chi connectivity index (χ0) is 20.9. The third kappa shape index (κ3) is 5.53. The van der Waals surface area contributed by atoms with Crippen LogP contribution >= 0.6 is 0 Å². The van der Waals surface area contributed by atoms with Crippen LogP contribution in [0.5, 0.6) is 0 Å². The minimum absolute atomic E-state index is 0.233. The third-order valence-corrected chi connectivity index (χ3v) is 6.84. The van der Waals surface area contributed by atoms with E-state index in [0.29, 0.717) is 31.4 Å². The van der Waals surface area contributed by atoms with E-state index in [1.807, 2.05) is 6.07 Å². The fraction of sp³-hybridized carbons (Fsp3) is 0.400. The van der Waals surface area contributed by atoms with Gasteiger partial charge in [0.1, 0.15) is 0 Å². The summed E-state index contributed by atoms with van der Waals surface area (Å²) >= 11 is 0. The first-order valence-corrected chi connectivity index (χ1v) is 11.1. The normalized spacial score (nSPS) is 16.0. The quantitative estimate of drug-likeness (QED) is 0.751. The first-order chi connectivity index (χ1) is 13.9. The number of rotatable bonds is 6. The lowest BCUT2D eigenvalue weighted by molar-refractivity contribution is 0.154. The number of benzene rings is 1. The van der Waals surface area contributed by atoms with Crippen LogP contribution in [0.4, 0.5) is 10.5 Å². The molecule has 0 bridgehead atoms. The smallest absolute Gasteiger partial charge is 0.319 e. The van der Waals surface area contributed by atoms with Crippen molar-refractivity contribution >= 4 is 21.7 Å². The van der Waals surface area contributed by atoms with E-state index in [0.717, 1.165) is 18.7 Å². The number of sulfonamides is 1. The highest BCUT2D eigenvalue weighted by Crippen LogP contribution is 2.20. The average Bonchev–Trinajstić information content (AvgIpc) is 2.73. The molecular formula is C20H27N5O3S. The predicted octanol–water partition coefficient (Wildman–Crippen LogP) is 2.12. The molecule has 3 rings (SSSR count). The Kier molecular flexibility index (Phi) is 6.83. The Hall–Kier alpha value is -2.49. The molecule has 0 unspecified atom stereocenters. The zero-order valence-electron chi connectivity index (χ0n) is 16.7. The molecule has 2 heterocycles. The van der Waals surface area contributed by atoms with Crippen molar-refractivity contribution in [3.8, 4) is 0 Å². The van der Waals surface area contributed by atoms with Crippen LogP contribution in [0, 0.1) is 0 Å². The molecule has 1 aliphatic heterocycles. The molecule has 9 heteroatoms. The van der Waals surface area contributed by atoms with Gasteiger partial charge in [0.05, 0.1) is 4.90 Å². The van der Waals surface area contributed by atoms with Crippen LogP contribution in [0.25, 0.3) is 0 Å². The molecule has 0 aliphatic carbocycles. The van der Waals surface area contributed by atoms with Gasteiger partial charge in [0.2, 0.25) is 10.0 Å². The van der Waals surface area contributed by atoms with Crippen LogP contribution in [0.2, 0.25) is 0 Å². The van der Waals surface area contributed by atoms with E-state index in [2.05, 4.69) is 34.4 Å². The van der Waals surface area contributed by atoms with Gasteiger partial charge in [0.15, 0.2) is 0 Å². The van der Waals surface area contributed by atoms with Crippen molar-refractivity contribution in [1.29, 1.82) is 0 Å². The maximum atomic E-state index is 12.9. The lowest BCUT2D eigenvalue weighted by atomic mass is 10.3. The zero-order valence-corrected chi connectivity index (χ0v) is 17.5.